The molecule has 0 bridgehead atoms. The number of phenols is 3. The number of phenolic OH excluding ortho intramolecular Hbond substituents is 3. The summed E-state index contributed by atoms with van der Waals surface area (Å²) in [5.74, 6) is -0.0321. The van der Waals surface area contributed by atoms with Crippen LogP contribution in [0.3, 0.4) is 0 Å². The van der Waals surface area contributed by atoms with Gasteiger partial charge in [-0.25, -0.2) is 0 Å². The van der Waals surface area contributed by atoms with Crippen molar-refractivity contribution in [2.24, 2.45) is 0 Å². The minimum atomic E-state index is -0.300. The van der Waals surface area contributed by atoms with E-state index < -0.39 is 0 Å². The van der Waals surface area contributed by atoms with Crippen molar-refractivity contribution in [1.82, 2.24) is 0 Å². The van der Waals surface area contributed by atoms with Gasteiger partial charge in [0, 0.05) is 50.6 Å². The molecule has 3 aliphatic carbocycles. The van der Waals surface area contributed by atoms with E-state index >= 15 is 0 Å². The Morgan fingerprint density at radius 3 is 0.833 bits per heavy atom. The Morgan fingerprint density at radius 2 is 0.517 bits per heavy atom. The molecule has 10 aromatic rings. The molecule has 3 heteroatoms. The van der Waals surface area contributed by atoms with Crippen LogP contribution < -0.4 is 0 Å². The van der Waals surface area contributed by atoms with E-state index in [9.17, 15) is 15.3 Å². The lowest BCUT2D eigenvalue weighted by atomic mass is 9.76. The van der Waals surface area contributed by atoms with Crippen molar-refractivity contribution in [1.29, 1.82) is 0 Å². The largest absolute Gasteiger partial charge is 0.507 e. The lowest BCUT2D eigenvalue weighted by Crippen LogP contribution is -2.08. The molecule has 0 aliphatic heterocycles. The number of hydrogen-bond donors (Lipinski definition) is 3. The van der Waals surface area contributed by atoms with E-state index in [1.165, 1.54) is 0 Å². The SMILES string of the molecule is Oc1c([C@@H]2c3ccccc3-c3c2c2c(c4c3[C@H](c3ccc5ccccc5c3O)c3ccccc3-4)[C@H](c3ccc4ccccc4c3O)c3ccccc3-2)ccc2ccccc12. The van der Waals surface area contributed by atoms with Crippen LogP contribution in [0.2, 0.25) is 0 Å². The summed E-state index contributed by atoms with van der Waals surface area (Å²) >= 11 is 0. The smallest absolute Gasteiger partial charge is 0.127 e. The number of fused-ring (bicyclic) bond motifs is 15. The molecule has 0 saturated carbocycles. The Morgan fingerprint density at radius 1 is 0.250 bits per heavy atom. The molecule has 0 amide bonds. The molecular formula is C57H36O3. The summed E-state index contributed by atoms with van der Waals surface area (Å²) in [5.41, 5.74) is 16.3. The van der Waals surface area contributed by atoms with Crippen molar-refractivity contribution < 1.29 is 15.3 Å². The second-order valence-corrected chi connectivity index (χ2v) is 16.6. The van der Waals surface area contributed by atoms with Gasteiger partial charge in [0.2, 0.25) is 0 Å². The fourth-order valence-corrected chi connectivity index (χ4v) is 11.4. The predicted molar refractivity (Wildman–Crippen MR) is 242 cm³/mol. The summed E-state index contributed by atoms with van der Waals surface area (Å²) in [6.07, 6.45) is 0. The number of hydrogen-bond acceptors (Lipinski definition) is 3. The van der Waals surface area contributed by atoms with Crippen molar-refractivity contribution in [3.05, 3.63) is 232 Å². The summed E-state index contributed by atoms with van der Waals surface area (Å²) in [5, 5.41) is 42.7. The van der Waals surface area contributed by atoms with Gasteiger partial charge in [0.1, 0.15) is 17.2 Å². The van der Waals surface area contributed by atoms with Crippen molar-refractivity contribution in [2.75, 3.05) is 0 Å². The minimum absolute atomic E-state index is 0.289. The van der Waals surface area contributed by atoms with Gasteiger partial charge >= 0.3 is 0 Å². The first-order valence-corrected chi connectivity index (χ1v) is 20.7. The quantitative estimate of drug-likeness (QED) is 0.168. The molecule has 3 aliphatic rings. The highest BCUT2D eigenvalue weighted by Crippen LogP contribution is 2.68. The number of aromatic hydroxyl groups is 3. The van der Waals surface area contributed by atoms with Crippen LogP contribution >= 0.6 is 0 Å². The molecule has 282 valence electrons. The number of benzene rings is 10. The third kappa shape index (κ3) is 4.28. The molecule has 3 atom stereocenters. The summed E-state index contributed by atoms with van der Waals surface area (Å²) < 4.78 is 0. The highest BCUT2D eigenvalue weighted by Gasteiger charge is 2.48. The van der Waals surface area contributed by atoms with Crippen molar-refractivity contribution >= 4 is 32.3 Å². The molecule has 60 heavy (non-hydrogen) atoms. The molecule has 3 N–H and O–H groups in total. The monoisotopic (exact) mass is 768 g/mol. The first kappa shape index (κ1) is 33.4. The number of rotatable bonds is 3. The van der Waals surface area contributed by atoms with Crippen LogP contribution in [-0.2, 0) is 0 Å². The Labute approximate surface area is 346 Å². The second-order valence-electron chi connectivity index (χ2n) is 16.6. The summed E-state index contributed by atoms with van der Waals surface area (Å²) in [6.45, 7) is 0. The van der Waals surface area contributed by atoms with Gasteiger partial charge in [-0.15, -0.1) is 0 Å². The summed E-state index contributed by atoms with van der Waals surface area (Å²) in [4.78, 5) is 0. The average Bonchev–Trinajstić information content (AvgIpc) is 3.93. The maximum atomic E-state index is 12.4. The van der Waals surface area contributed by atoms with Crippen molar-refractivity contribution in [2.45, 2.75) is 17.8 Å². The summed E-state index contributed by atoms with van der Waals surface area (Å²) in [6, 6.07) is 63.0. The predicted octanol–water partition coefficient (Wildman–Crippen LogP) is 13.7. The first-order chi connectivity index (χ1) is 29.6. The van der Waals surface area contributed by atoms with Gasteiger partial charge in [-0.05, 0) is 82.9 Å². The van der Waals surface area contributed by atoms with E-state index in [4.69, 9.17) is 0 Å². The zero-order valence-corrected chi connectivity index (χ0v) is 32.4. The lowest BCUT2D eigenvalue weighted by Gasteiger charge is -2.26. The Hall–Kier alpha value is -7.62. The van der Waals surface area contributed by atoms with Gasteiger partial charge in [-0.2, -0.15) is 0 Å². The molecule has 0 heterocycles. The normalized spacial score (nSPS) is 16.7. The van der Waals surface area contributed by atoms with Crippen LogP contribution in [0.25, 0.3) is 65.7 Å². The van der Waals surface area contributed by atoms with Crippen LogP contribution in [0, 0.1) is 0 Å². The summed E-state index contributed by atoms with van der Waals surface area (Å²) in [7, 11) is 0. The Kier molecular flexibility index (Phi) is 6.78. The molecule has 0 unspecified atom stereocenters. The van der Waals surface area contributed by atoms with Gasteiger partial charge in [-0.3, -0.25) is 0 Å². The standard InChI is InChI=1S/C57H36O3/c58-55-34-16-4-1-13-31(34)25-28-43(55)46-37-19-7-10-22-40(37)49-52(46)50-41-23-11-8-20-38(41)47(44-29-26-32-14-2-5-17-35(32)56(44)59)54(50)51-42-24-12-9-21-39(42)48(53(49)51)45-30-27-33-15-3-6-18-36(33)57(45)60/h1-30,46-48,58-60H/t46-,47-,48-/m0/s1. The molecule has 0 fully saturated rings. The molecule has 0 saturated heterocycles. The van der Waals surface area contributed by atoms with Gasteiger partial charge < -0.3 is 15.3 Å². The third-order valence-electron chi connectivity index (χ3n) is 13.8. The van der Waals surface area contributed by atoms with E-state index in [0.717, 1.165) is 116 Å². The van der Waals surface area contributed by atoms with E-state index in [1.807, 2.05) is 54.6 Å². The average molecular weight is 769 g/mol. The van der Waals surface area contributed by atoms with Gasteiger partial charge in [0.25, 0.3) is 0 Å². The van der Waals surface area contributed by atoms with Gasteiger partial charge in [-0.1, -0.05) is 182 Å². The van der Waals surface area contributed by atoms with Crippen molar-refractivity contribution in [3.8, 4) is 50.6 Å². The van der Waals surface area contributed by atoms with Gasteiger partial charge in [0.05, 0.1) is 0 Å². The molecule has 13 rings (SSSR count). The fourth-order valence-electron chi connectivity index (χ4n) is 11.4. The second kappa shape index (κ2) is 12.2. The van der Waals surface area contributed by atoms with Crippen LogP contribution in [0.15, 0.2) is 182 Å². The Bertz CT molecular complexity index is 3120. The van der Waals surface area contributed by atoms with E-state index in [2.05, 4.69) is 127 Å². The lowest BCUT2D eigenvalue weighted by molar-refractivity contribution is 0.473. The maximum absolute atomic E-state index is 12.4. The zero-order chi connectivity index (χ0) is 39.8. The molecule has 0 radical (unpaired) electrons. The topological polar surface area (TPSA) is 60.7 Å². The highest BCUT2D eigenvalue weighted by atomic mass is 16.3. The van der Waals surface area contributed by atoms with Crippen LogP contribution in [0.4, 0.5) is 0 Å². The van der Waals surface area contributed by atoms with Crippen LogP contribution in [0.5, 0.6) is 17.2 Å². The van der Waals surface area contributed by atoms with E-state index in [-0.39, 0.29) is 35.0 Å². The maximum Gasteiger partial charge on any atom is 0.127 e. The van der Waals surface area contributed by atoms with E-state index in [0.29, 0.717) is 0 Å². The van der Waals surface area contributed by atoms with Crippen molar-refractivity contribution in [3.63, 3.8) is 0 Å². The first-order valence-electron chi connectivity index (χ1n) is 20.7. The third-order valence-corrected chi connectivity index (χ3v) is 13.8. The van der Waals surface area contributed by atoms with Gasteiger partial charge in [0.15, 0.2) is 0 Å². The highest BCUT2D eigenvalue weighted by molar-refractivity contribution is 6.06. The molecule has 3 nitrogen and oxygen atoms in total. The van der Waals surface area contributed by atoms with E-state index in [1.54, 1.807) is 0 Å². The Balaban J connectivity index is 1.23. The van der Waals surface area contributed by atoms with Crippen LogP contribution in [-0.4, -0.2) is 15.3 Å². The molecular weight excluding hydrogens is 733 g/mol. The fraction of sp³-hybridized carbons (Fsp3) is 0.0526. The van der Waals surface area contributed by atoms with Crippen LogP contribution in [0.1, 0.15) is 67.8 Å². The molecule has 0 spiro atoms. The zero-order valence-electron chi connectivity index (χ0n) is 32.4. The molecule has 0 aromatic heterocycles. The minimum Gasteiger partial charge on any atom is -0.507 e. The molecule has 10 aromatic carbocycles.